The van der Waals surface area contributed by atoms with E-state index >= 15 is 0 Å². The third-order valence-electron chi connectivity index (χ3n) is 3.30. The second-order valence-electron chi connectivity index (χ2n) is 5.20. The van der Waals surface area contributed by atoms with Gasteiger partial charge >= 0.3 is 0 Å². The molecule has 3 N–H and O–H groups in total. The summed E-state index contributed by atoms with van der Waals surface area (Å²) < 4.78 is 0. The number of nitrogens with one attached hydrogen (secondary N) is 1. The molecule has 1 amide bonds. The highest BCUT2D eigenvalue weighted by atomic mass is 16.2. The Morgan fingerprint density at radius 2 is 2.19 bits per heavy atom. The van der Waals surface area contributed by atoms with Crippen molar-refractivity contribution in [3.63, 3.8) is 0 Å². The van der Waals surface area contributed by atoms with Gasteiger partial charge in [0.25, 0.3) is 0 Å². The highest BCUT2D eigenvalue weighted by molar-refractivity contribution is 5.79. The molecule has 0 saturated heterocycles. The minimum absolute atomic E-state index is 0.0433. The first-order chi connectivity index (χ1) is 7.50. The molecule has 3 unspecified atom stereocenters. The predicted octanol–water partition coefficient (Wildman–Crippen LogP) is 0.570. The quantitative estimate of drug-likeness (QED) is 0.722. The van der Waals surface area contributed by atoms with Gasteiger partial charge in [0, 0.05) is 12.1 Å². The van der Waals surface area contributed by atoms with E-state index in [0.717, 1.165) is 32.2 Å². The highest BCUT2D eigenvalue weighted by Crippen LogP contribution is 2.24. The van der Waals surface area contributed by atoms with Crippen LogP contribution in [0.1, 0.15) is 32.6 Å². The molecule has 0 aromatic carbocycles. The number of carbonyl (C=O) groups is 1. The van der Waals surface area contributed by atoms with Crippen molar-refractivity contribution in [2.45, 2.75) is 44.7 Å². The van der Waals surface area contributed by atoms with Gasteiger partial charge < -0.3 is 16.0 Å². The Morgan fingerprint density at radius 3 is 2.69 bits per heavy atom. The Balaban J connectivity index is 2.27. The molecule has 1 saturated carbocycles. The van der Waals surface area contributed by atoms with Crippen LogP contribution in [-0.2, 0) is 4.79 Å². The van der Waals surface area contributed by atoms with Gasteiger partial charge in [-0.25, -0.2) is 0 Å². The molecule has 4 heteroatoms. The van der Waals surface area contributed by atoms with Gasteiger partial charge in [-0.15, -0.1) is 0 Å². The van der Waals surface area contributed by atoms with Crippen molar-refractivity contribution < 1.29 is 4.79 Å². The lowest BCUT2D eigenvalue weighted by Crippen LogP contribution is -2.43. The van der Waals surface area contributed by atoms with Crippen LogP contribution in [0.25, 0.3) is 0 Å². The fourth-order valence-electron chi connectivity index (χ4n) is 2.19. The summed E-state index contributed by atoms with van der Waals surface area (Å²) >= 11 is 0. The number of carbonyl (C=O) groups excluding carboxylic acids is 1. The van der Waals surface area contributed by atoms with Crippen molar-refractivity contribution in [3.8, 4) is 0 Å². The van der Waals surface area contributed by atoms with Crippen LogP contribution in [0.2, 0.25) is 0 Å². The monoisotopic (exact) mass is 227 g/mol. The topological polar surface area (TPSA) is 58.4 Å². The molecule has 16 heavy (non-hydrogen) atoms. The number of hydrogen-bond donors (Lipinski definition) is 2. The van der Waals surface area contributed by atoms with Crippen molar-refractivity contribution in [1.29, 1.82) is 0 Å². The molecule has 0 bridgehead atoms. The van der Waals surface area contributed by atoms with Crippen molar-refractivity contribution in [2.24, 2.45) is 11.7 Å². The first-order valence-electron chi connectivity index (χ1n) is 6.21. The van der Waals surface area contributed by atoms with Crippen LogP contribution in [-0.4, -0.2) is 43.5 Å². The minimum Gasteiger partial charge on any atom is -0.353 e. The lowest BCUT2D eigenvalue weighted by molar-refractivity contribution is -0.125. The van der Waals surface area contributed by atoms with E-state index < -0.39 is 0 Å². The summed E-state index contributed by atoms with van der Waals surface area (Å²) in [7, 11) is 4.09. The number of amides is 1. The Labute approximate surface area is 98.6 Å². The summed E-state index contributed by atoms with van der Waals surface area (Å²) in [6.45, 7) is 3.06. The van der Waals surface area contributed by atoms with Crippen LogP contribution < -0.4 is 11.1 Å². The first-order valence-corrected chi connectivity index (χ1v) is 6.21. The number of rotatable bonds is 5. The third kappa shape index (κ3) is 4.10. The largest absolute Gasteiger partial charge is 0.353 e. The average molecular weight is 227 g/mol. The SMILES string of the molecule is CC(CCN(C)C)NC(=O)C1CCCC1N. The normalized spacial score (nSPS) is 27.1. The van der Waals surface area contributed by atoms with Crippen molar-refractivity contribution in [2.75, 3.05) is 20.6 Å². The van der Waals surface area contributed by atoms with Crippen LogP contribution in [0.5, 0.6) is 0 Å². The summed E-state index contributed by atoms with van der Waals surface area (Å²) in [5.74, 6) is 0.193. The number of nitrogens with two attached hydrogens (primary N) is 1. The van der Waals surface area contributed by atoms with Gasteiger partial charge in [0.1, 0.15) is 0 Å². The maximum atomic E-state index is 11.9. The molecule has 0 aliphatic heterocycles. The Bertz CT molecular complexity index is 230. The van der Waals surface area contributed by atoms with Crippen molar-refractivity contribution in [3.05, 3.63) is 0 Å². The maximum absolute atomic E-state index is 11.9. The van der Waals surface area contributed by atoms with Crippen LogP contribution in [0.4, 0.5) is 0 Å². The van der Waals surface area contributed by atoms with Crippen LogP contribution >= 0.6 is 0 Å². The summed E-state index contributed by atoms with van der Waals surface area (Å²) in [6.07, 6.45) is 4.02. The van der Waals surface area contributed by atoms with Gasteiger partial charge in [0.15, 0.2) is 0 Å². The van der Waals surface area contributed by atoms with Gasteiger partial charge in [-0.3, -0.25) is 4.79 Å². The Kier molecular flexibility index (Phi) is 5.22. The van der Waals surface area contributed by atoms with Crippen molar-refractivity contribution in [1.82, 2.24) is 10.2 Å². The highest BCUT2D eigenvalue weighted by Gasteiger charge is 2.30. The second kappa shape index (κ2) is 6.21. The Hall–Kier alpha value is -0.610. The molecule has 1 aliphatic rings. The van der Waals surface area contributed by atoms with E-state index in [1.165, 1.54) is 0 Å². The van der Waals surface area contributed by atoms with Crippen LogP contribution in [0.15, 0.2) is 0 Å². The first kappa shape index (κ1) is 13.5. The summed E-state index contributed by atoms with van der Waals surface area (Å²) in [6, 6.07) is 0.309. The van der Waals surface area contributed by atoms with Gasteiger partial charge in [-0.05, 0) is 46.8 Å². The van der Waals surface area contributed by atoms with Gasteiger partial charge in [0.05, 0.1) is 5.92 Å². The van der Waals surface area contributed by atoms with Gasteiger partial charge in [-0.1, -0.05) is 6.42 Å². The molecule has 0 radical (unpaired) electrons. The molecule has 0 heterocycles. The lowest BCUT2D eigenvalue weighted by Gasteiger charge is -2.20. The smallest absolute Gasteiger partial charge is 0.224 e. The molecule has 0 aromatic rings. The average Bonchev–Trinajstić information content (AvgIpc) is 2.61. The van der Waals surface area contributed by atoms with Gasteiger partial charge in [-0.2, -0.15) is 0 Å². The molecule has 1 rings (SSSR count). The molecule has 4 nitrogen and oxygen atoms in total. The van der Waals surface area contributed by atoms with E-state index in [1.54, 1.807) is 0 Å². The molecule has 94 valence electrons. The molecular weight excluding hydrogens is 202 g/mol. The Morgan fingerprint density at radius 1 is 1.50 bits per heavy atom. The third-order valence-corrected chi connectivity index (χ3v) is 3.30. The zero-order chi connectivity index (χ0) is 12.1. The molecule has 0 aromatic heterocycles. The van der Waals surface area contributed by atoms with Gasteiger partial charge in [0.2, 0.25) is 5.91 Å². The molecule has 0 spiro atoms. The van der Waals surface area contributed by atoms with Crippen LogP contribution in [0.3, 0.4) is 0 Å². The van der Waals surface area contributed by atoms with Crippen molar-refractivity contribution >= 4 is 5.91 Å². The molecule has 1 aliphatic carbocycles. The van der Waals surface area contributed by atoms with E-state index in [2.05, 4.69) is 17.1 Å². The van der Waals surface area contributed by atoms with E-state index in [4.69, 9.17) is 5.73 Å². The second-order valence-corrected chi connectivity index (χ2v) is 5.20. The summed E-state index contributed by atoms with van der Waals surface area (Å²) in [5.41, 5.74) is 5.91. The predicted molar refractivity (Wildman–Crippen MR) is 66.1 cm³/mol. The standard InChI is InChI=1S/C12H25N3O/c1-9(7-8-15(2)3)14-12(16)10-5-4-6-11(10)13/h9-11H,4-8,13H2,1-3H3,(H,14,16). The fourth-order valence-corrected chi connectivity index (χ4v) is 2.19. The van der Waals surface area contributed by atoms with E-state index in [-0.39, 0.29) is 23.9 Å². The van der Waals surface area contributed by atoms with E-state index in [9.17, 15) is 4.79 Å². The maximum Gasteiger partial charge on any atom is 0.224 e. The molecule has 3 atom stereocenters. The lowest BCUT2D eigenvalue weighted by atomic mass is 10.0. The molecular formula is C12H25N3O. The molecule has 1 fully saturated rings. The van der Waals surface area contributed by atoms with E-state index in [1.807, 2.05) is 14.1 Å². The fraction of sp³-hybridized carbons (Fsp3) is 0.917. The number of hydrogen-bond acceptors (Lipinski definition) is 3. The minimum atomic E-state index is 0.0433. The summed E-state index contributed by atoms with van der Waals surface area (Å²) in [4.78, 5) is 14.0. The van der Waals surface area contributed by atoms with Crippen LogP contribution in [0, 0.1) is 5.92 Å². The zero-order valence-electron chi connectivity index (χ0n) is 10.7. The van der Waals surface area contributed by atoms with E-state index in [0.29, 0.717) is 0 Å². The number of nitrogens with zero attached hydrogens (tertiary/aromatic N) is 1. The summed E-state index contributed by atoms with van der Waals surface area (Å²) in [5, 5.41) is 3.06. The zero-order valence-corrected chi connectivity index (χ0v) is 10.7.